The molecule has 22 heteroatoms. The second-order valence-electron chi connectivity index (χ2n) is 21.3. The van der Waals surface area contributed by atoms with Crippen LogP contribution >= 0.6 is 0 Å². The van der Waals surface area contributed by atoms with Crippen molar-refractivity contribution in [2.75, 3.05) is 32.9 Å². The fourth-order valence-corrected chi connectivity index (χ4v) is 11.3. The molecule has 2 aromatic heterocycles. The number of carbonyl (C=O) groups is 9. The summed E-state index contributed by atoms with van der Waals surface area (Å²) in [7, 11) is 0. The molecule has 6 N–H and O–H groups in total. The number of unbranched alkanes of at least 4 members (excludes halogenated alkanes) is 2. The number of benzene rings is 2. The Balaban J connectivity index is 0.772. The molecule has 5 atom stereocenters. The number of hydrogen-bond acceptors (Lipinski definition) is 14. The number of rotatable bonds is 24. The molecule has 3 aliphatic heterocycles. The van der Waals surface area contributed by atoms with Crippen LogP contribution < -0.4 is 32.1 Å². The van der Waals surface area contributed by atoms with E-state index in [1.165, 1.54) is 15.5 Å². The molecule has 2 aliphatic carbocycles. The zero-order valence-corrected chi connectivity index (χ0v) is 44.4. The van der Waals surface area contributed by atoms with Gasteiger partial charge in [0, 0.05) is 60.7 Å². The summed E-state index contributed by atoms with van der Waals surface area (Å²) in [6.45, 7) is 3.38. The molecule has 418 valence electrons. The molecule has 1 saturated carbocycles. The highest BCUT2D eigenvalue weighted by Gasteiger charge is 2.46. The van der Waals surface area contributed by atoms with Crippen molar-refractivity contribution in [3.05, 3.63) is 97.6 Å². The van der Waals surface area contributed by atoms with Crippen LogP contribution in [0, 0.1) is 24.6 Å². The molecule has 4 aromatic rings. The number of fused-ring (bicyclic) bond motifs is 5. The Morgan fingerprint density at radius 2 is 1.61 bits per heavy atom. The summed E-state index contributed by atoms with van der Waals surface area (Å²) in [5.74, 6) is -5.70. The number of nitrogens with one attached hydrogen (secondary N) is 5. The van der Waals surface area contributed by atoms with Gasteiger partial charge < -0.3 is 45.7 Å². The lowest BCUT2D eigenvalue weighted by Crippen LogP contribution is -2.52. The zero-order valence-electron chi connectivity index (χ0n) is 44.4. The van der Waals surface area contributed by atoms with Crippen molar-refractivity contribution in [1.29, 1.82) is 0 Å². The molecule has 5 heterocycles. The number of likely N-dealkylation sites (tertiary alicyclic amines) is 1. The molecule has 0 spiro atoms. The number of hydrogen-bond donors (Lipinski definition) is 6. The lowest BCUT2D eigenvalue weighted by Gasteiger charge is -2.31. The van der Waals surface area contributed by atoms with Gasteiger partial charge in [0.15, 0.2) is 11.4 Å². The van der Waals surface area contributed by atoms with Gasteiger partial charge >= 0.3 is 5.97 Å². The Hall–Kier alpha value is -7.72. The zero-order chi connectivity index (χ0) is 56.3. The second-order valence-corrected chi connectivity index (χ2v) is 21.3. The van der Waals surface area contributed by atoms with E-state index in [0.717, 1.165) is 29.4 Å². The van der Waals surface area contributed by atoms with Crippen molar-refractivity contribution < 1.29 is 62.1 Å². The molecule has 2 aromatic carbocycles. The first-order valence-corrected chi connectivity index (χ1v) is 27.1. The van der Waals surface area contributed by atoms with E-state index in [0.29, 0.717) is 72.2 Å². The largest absolute Gasteiger partial charge is 0.458 e. The van der Waals surface area contributed by atoms with Gasteiger partial charge in [0.2, 0.25) is 41.4 Å². The average Bonchev–Trinajstić information content (AvgIpc) is 3.99. The summed E-state index contributed by atoms with van der Waals surface area (Å²) in [5, 5.41) is 24.8. The van der Waals surface area contributed by atoms with Gasteiger partial charge in [-0.25, -0.2) is 14.2 Å². The molecule has 9 rings (SSSR count). The third-order valence-corrected chi connectivity index (χ3v) is 15.8. The van der Waals surface area contributed by atoms with Gasteiger partial charge in [-0.05, 0) is 92.0 Å². The first kappa shape index (κ1) is 56.0. The van der Waals surface area contributed by atoms with Crippen LogP contribution in [-0.2, 0) is 84.2 Å². The number of esters is 1. The van der Waals surface area contributed by atoms with Gasteiger partial charge in [-0.1, -0.05) is 50.6 Å². The van der Waals surface area contributed by atoms with Crippen LogP contribution in [0.25, 0.3) is 22.3 Å². The van der Waals surface area contributed by atoms with Gasteiger partial charge in [0.05, 0.1) is 48.6 Å². The van der Waals surface area contributed by atoms with Crippen molar-refractivity contribution in [3.63, 3.8) is 0 Å². The maximum absolute atomic E-state index is 15.5. The van der Waals surface area contributed by atoms with Gasteiger partial charge in [-0.3, -0.25) is 48.1 Å². The molecule has 1 saturated heterocycles. The molecule has 21 nitrogen and oxygen atoms in total. The molecule has 5 aliphatic rings. The molecule has 1 unspecified atom stereocenters. The number of ether oxygens (including phenoxy) is 2. The van der Waals surface area contributed by atoms with Crippen molar-refractivity contribution in [1.82, 2.24) is 41.0 Å². The van der Waals surface area contributed by atoms with E-state index < -0.39 is 78.4 Å². The standard InChI is InChI=1S/C57H65FN8O13/c1-4-57(77)38-22-42-51-36(27-66(42)55(75)37(38)28-78-56(57)76)49-34(16-17-35-31(3)39(58)23-40(64-51)50(35)49)21-43(67)52(33-14-15-33)79-29-62-46(70)25-61-53(73)41(20-32-11-7-5-8-12-32)63-47(71)26-60-45(69)24-59-44(68)13-9-6-10-18-65-48(72)19-30(2)54(65)74/h5,7-8,11-12,22-23,30,33-34,41,52,77H,4,6,9-10,13-21,24-29H2,1-3H3,(H,59,68)(H,60,69)(H,61,73)(H,62,70)(H,63,71)/t30?,34-,41+,52+,57+/m1/s1. The Morgan fingerprint density at radius 1 is 0.886 bits per heavy atom. The van der Waals surface area contributed by atoms with Crippen LogP contribution in [0.3, 0.4) is 0 Å². The lowest BCUT2D eigenvalue weighted by molar-refractivity contribution is -0.172. The molecule has 0 bridgehead atoms. The number of halogens is 1. The van der Waals surface area contributed by atoms with E-state index in [1.54, 1.807) is 57.2 Å². The number of aliphatic hydroxyl groups is 1. The maximum atomic E-state index is 15.5. The Kier molecular flexibility index (Phi) is 16.8. The number of ketones is 1. The first-order chi connectivity index (χ1) is 37.9. The van der Waals surface area contributed by atoms with Crippen LogP contribution in [0.1, 0.15) is 123 Å². The van der Waals surface area contributed by atoms with Crippen molar-refractivity contribution in [3.8, 4) is 11.4 Å². The minimum absolute atomic E-state index is 0.0376. The SMILES string of the molecule is CC[C@@]1(O)C(=O)OCc2c1cc1n(c2=O)Cc2c-1nc1cc(F)c(C)c3c1c2[C@@H](CC(=O)[C@@H](OCNC(=O)CNC(=O)[C@H](Cc1ccccc1)NC(=O)CNC(=O)CNC(=O)CCCCCN1C(=O)CC(C)C1=O)C1CC1)CC3. The van der Waals surface area contributed by atoms with Crippen LogP contribution in [0.15, 0.2) is 47.3 Å². The monoisotopic (exact) mass is 1090 g/mol. The Bertz CT molecular complexity index is 3210. The van der Waals surface area contributed by atoms with E-state index in [-0.39, 0.29) is 104 Å². The third-order valence-electron chi connectivity index (χ3n) is 15.8. The van der Waals surface area contributed by atoms with E-state index in [1.807, 2.05) is 0 Å². The molecule has 7 amide bonds. The maximum Gasteiger partial charge on any atom is 0.343 e. The quantitative estimate of drug-likeness (QED) is 0.0224. The molecule has 2 fully saturated rings. The van der Waals surface area contributed by atoms with Gasteiger partial charge in [0.25, 0.3) is 5.56 Å². The van der Waals surface area contributed by atoms with Crippen molar-refractivity contribution >= 4 is 64.0 Å². The van der Waals surface area contributed by atoms with Gasteiger partial charge in [0.1, 0.15) is 31.3 Å². The topological polar surface area (TPSA) is 291 Å². The summed E-state index contributed by atoms with van der Waals surface area (Å²) in [4.78, 5) is 136. The fourth-order valence-electron chi connectivity index (χ4n) is 11.3. The number of aryl methyl sites for hydroxylation is 1. The van der Waals surface area contributed by atoms with Gasteiger partial charge in [-0.15, -0.1) is 0 Å². The predicted molar refractivity (Wildman–Crippen MR) is 281 cm³/mol. The van der Waals surface area contributed by atoms with Crippen LogP contribution in [0.4, 0.5) is 4.39 Å². The fraction of sp³-hybridized carbons (Fsp3) is 0.491. The highest BCUT2D eigenvalue weighted by molar-refractivity contribution is 6.03. The van der Waals surface area contributed by atoms with E-state index in [9.17, 15) is 53.1 Å². The highest BCUT2D eigenvalue weighted by Crippen LogP contribution is 2.48. The average molecular weight is 1090 g/mol. The lowest BCUT2D eigenvalue weighted by atomic mass is 9.76. The van der Waals surface area contributed by atoms with Crippen molar-refractivity contribution in [2.24, 2.45) is 11.8 Å². The third kappa shape index (κ3) is 12.0. The number of carbonyl (C=O) groups excluding carboxylic acids is 9. The van der Waals surface area contributed by atoms with Crippen molar-refractivity contribution in [2.45, 2.75) is 135 Å². The summed E-state index contributed by atoms with van der Waals surface area (Å²) in [5.41, 5.74) is 2.39. The summed E-state index contributed by atoms with van der Waals surface area (Å²) < 4.78 is 28.4. The Morgan fingerprint density at radius 3 is 2.33 bits per heavy atom. The number of Topliss-reactive ketones (excluding diaryl/α,β-unsaturated/α-hetero) is 1. The summed E-state index contributed by atoms with van der Waals surface area (Å²) in [6.07, 6.45) is 3.56. The van der Waals surface area contributed by atoms with E-state index in [2.05, 4.69) is 26.6 Å². The van der Waals surface area contributed by atoms with Crippen LogP contribution in [-0.4, -0.2) is 118 Å². The van der Waals surface area contributed by atoms with E-state index in [4.69, 9.17) is 14.5 Å². The van der Waals surface area contributed by atoms with E-state index >= 15 is 4.39 Å². The minimum Gasteiger partial charge on any atom is -0.458 e. The van der Waals surface area contributed by atoms with Crippen LogP contribution in [0.5, 0.6) is 0 Å². The Labute approximate surface area is 454 Å². The minimum atomic E-state index is -2.04. The molecular formula is C57H65FN8O13. The normalized spacial score (nSPS) is 19.7. The highest BCUT2D eigenvalue weighted by atomic mass is 19.1. The predicted octanol–water partition coefficient (Wildman–Crippen LogP) is 2.42. The molecule has 0 radical (unpaired) electrons. The summed E-state index contributed by atoms with van der Waals surface area (Å²) in [6, 6.07) is 10.6. The number of imide groups is 1. The first-order valence-electron chi connectivity index (χ1n) is 27.1. The molecule has 79 heavy (non-hydrogen) atoms. The number of aromatic nitrogens is 2. The smallest absolute Gasteiger partial charge is 0.343 e. The number of amides is 7. The second kappa shape index (κ2) is 23.7. The van der Waals surface area contributed by atoms with Crippen LogP contribution in [0.2, 0.25) is 0 Å². The number of cyclic esters (lactones) is 1. The molecular weight excluding hydrogens is 1020 g/mol. The van der Waals surface area contributed by atoms with Gasteiger partial charge in [-0.2, -0.15) is 0 Å². The summed E-state index contributed by atoms with van der Waals surface area (Å²) >= 11 is 0. The number of nitrogens with zero attached hydrogens (tertiary/aromatic N) is 3. The number of pyridine rings is 2.